The van der Waals surface area contributed by atoms with E-state index in [0.29, 0.717) is 17.9 Å². The maximum absolute atomic E-state index is 13.6. The first-order valence-electron chi connectivity index (χ1n) is 6.92. The molecule has 0 fully saturated rings. The molecule has 120 valence electrons. The van der Waals surface area contributed by atoms with Crippen molar-refractivity contribution in [3.05, 3.63) is 53.1 Å². The number of aryl methyl sites for hydroxylation is 1. The summed E-state index contributed by atoms with van der Waals surface area (Å²) < 4.78 is 40.4. The zero-order chi connectivity index (χ0) is 16.6. The van der Waals surface area contributed by atoms with E-state index in [1.165, 1.54) is 6.07 Å². The lowest BCUT2D eigenvalue weighted by Gasteiger charge is -2.18. The Morgan fingerprint density at radius 1 is 1.17 bits per heavy atom. The monoisotopic (exact) mass is 321 g/mol. The van der Waals surface area contributed by atoms with E-state index in [0.717, 1.165) is 10.1 Å². The normalized spacial score (nSPS) is 11.4. The van der Waals surface area contributed by atoms with Crippen molar-refractivity contribution in [1.29, 1.82) is 0 Å². The maximum atomic E-state index is 13.6. The average molecular weight is 321 g/mol. The van der Waals surface area contributed by atoms with Gasteiger partial charge in [-0.1, -0.05) is 12.1 Å². The van der Waals surface area contributed by atoms with E-state index in [1.54, 1.807) is 37.1 Å². The zero-order valence-corrected chi connectivity index (χ0v) is 12.5. The smallest absolute Gasteiger partial charge is 0.299 e. The third-order valence-corrected chi connectivity index (χ3v) is 3.52. The van der Waals surface area contributed by atoms with Crippen molar-refractivity contribution in [2.75, 3.05) is 11.9 Å². The Hall–Kier alpha value is -2.64. The number of halogens is 3. The Morgan fingerprint density at radius 3 is 2.65 bits per heavy atom. The predicted molar refractivity (Wildman–Crippen MR) is 79.0 cm³/mol. The first kappa shape index (κ1) is 15.3. The fraction of sp³-hybridized carbons (Fsp3) is 0.267. The Morgan fingerprint density at radius 2 is 1.96 bits per heavy atom. The number of nitrogens with zero attached hydrogens (tertiary/aromatic N) is 5. The molecule has 23 heavy (non-hydrogen) atoms. The molecule has 0 aliphatic heterocycles. The summed E-state index contributed by atoms with van der Waals surface area (Å²) in [5.41, 5.74) is 1.58. The summed E-state index contributed by atoms with van der Waals surface area (Å²) in [6.07, 6.45) is -2.76. The fourth-order valence-electron chi connectivity index (χ4n) is 2.23. The second kappa shape index (κ2) is 5.86. The summed E-state index contributed by atoms with van der Waals surface area (Å²) in [7, 11) is 1.75. The highest BCUT2D eigenvalue weighted by molar-refractivity contribution is 5.46. The van der Waals surface area contributed by atoms with Crippen LogP contribution in [0, 0.1) is 12.7 Å². The van der Waals surface area contributed by atoms with Crippen molar-refractivity contribution in [2.45, 2.75) is 19.9 Å². The first-order valence-corrected chi connectivity index (χ1v) is 6.92. The molecule has 0 spiro atoms. The number of alkyl halides is 2. The standard InChI is InChI=1S/C15H14F3N5/c1-9-3-4-10(7-11(9)16)8-22(2)13-6-5-12-19-20-15(14(17)18)23(12)21-13/h3-7,14H,8H2,1-2H3. The van der Waals surface area contributed by atoms with Gasteiger partial charge in [0.2, 0.25) is 5.82 Å². The van der Waals surface area contributed by atoms with E-state index in [4.69, 9.17) is 0 Å². The highest BCUT2D eigenvalue weighted by Gasteiger charge is 2.17. The van der Waals surface area contributed by atoms with Crippen molar-refractivity contribution in [1.82, 2.24) is 19.8 Å². The van der Waals surface area contributed by atoms with E-state index in [9.17, 15) is 13.2 Å². The van der Waals surface area contributed by atoms with Gasteiger partial charge in [-0.05, 0) is 36.2 Å². The summed E-state index contributed by atoms with van der Waals surface area (Å²) in [4.78, 5) is 1.73. The van der Waals surface area contributed by atoms with Crippen LogP contribution in [-0.2, 0) is 6.54 Å². The number of fused-ring (bicyclic) bond motifs is 1. The molecule has 0 N–H and O–H groups in total. The first-order chi connectivity index (χ1) is 11.0. The molecule has 5 nitrogen and oxygen atoms in total. The van der Waals surface area contributed by atoms with Crippen molar-refractivity contribution >= 4 is 11.5 Å². The third-order valence-electron chi connectivity index (χ3n) is 3.52. The summed E-state index contributed by atoms with van der Waals surface area (Å²) in [6, 6.07) is 8.19. The highest BCUT2D eigenvalue weighted by Crippen LogP contribution is 2.19. The molecule has 3 rings (SSSR count). The molecule has 0 saturated carbocycles. The summed E-state index contributed by atoms with van der Waals surface area (Å²) >= 11 is 0. The van der Waals surface area contributed by atoms with Gasteiger partial charge in [0, 0.05) is 13.6 Å². The molecule has 2 aromatic heterocycles. The molecule has 2 heterocycles. The van der Waals surface area contributed by atoms with Gasteiger partial charge in [0.1, 0.15) is 11.6 Å². The highest BCUT2D eigenvalue weighted by atomic mass is 19.3. The number of aromatic nitrogens is 4. The minimum absolute atomic E-state index is 0.249. The number of hydrogen-bond acceptors (Lipinski definition) is 4. The number of rotatable bonds is 4. The number of hydrogen-bond donors (Lipinski definition) is 0. The average Bonchev–Trinajstić information content (AvgIpc) is 2.94. The van der Waals surface area contributed by atoms with Gasteiger partial charge in [0.25, 0.3) is 6.43 Å². The lowest BCUT2D eigenvalue weighted by atomic mass is 10.1. The van der Waals surface area contributed by atoms with E-state index >= 15 is 0 Å². The number of anilines is 1. The van der Waals surface area contributed by atoms with Gasteiger partial charge in [0.05, 0.1) is 0 Å². The van der Waals surface area contributed by atoms with Crippen molar-refractivity contribution in [3.63, 3.8) is 0 Å². The van der Waals surface area contributed by atoms with Crippen LogP contribution in [0.25, 0.3) is 5.65 Å². The van der Waals surface area contributed by atoms with Crippen LogP contribution in [0.15, 0.2) is 30.3 Å². The third kappa shape index (κ3) is 2.96. The molecule has 0 radical (unpaired) electrons. The Labute approximate surface area is 130 Å². The largest absolute Gasteiger partial charge is 0.354 e. The van der Waals surface area contributed by atoms with Crippen LogP contribution in [0.3, 0.4) is 0 Å². The molecule has 3 aromatic rings. The Kier molecular flexibility index (Phi) is 3.89. The summed E-state index contributed by atoms with van der Waals surface area (Å²) in [5.74, 6) is -0.324. The zero-order valence-electron chi connectivity index (χ0n) is 12.5. The van der Waals surface area contributed by atoms with E-state index < -0.39 is 12.2 Å². The minimum Gasteiger partial charge on any atom is -0.354 e. The molecule has 0 atom stereocenters. The minimum atomic E-state index is -2.76. The van der Waals surface area contributed by atoms with Crippen molar-refractivity contribution in [2.24, 2.45) is 0 Å². The van der Waals surface area contributed by atoms with Crippen LogP contribution in [0.5, 0.6) is 0 Å². The molecule has 8 heteroatoms. The van der Waals surface area contributed by atoms with Crippen molar-refractivity contribution in [3.8, 4) is 0 Å². The van der Waals surface area contributed by atoms with Gasteiger partial charge in [-0.2, -0.15) is 4.52 Å². The van der Waals surface area contributed by atoms with Crippen molar-refractivity contribution < 1.29 is 13.2 Å². The second-order valence-corrected chi connectivity index (χ2v) is 5.26. The van der Waals surface area contributed by atoms with Crippen LogP contribution in [0.2, 0.25) is 0 Å². The fourth-order valence-corrected chi connectivity index (χ4v) is 2.23. The molecule has 0 aliphatic rings. The van der Waals surface area contributed by atoms with Gasteiger partial charge < -0.3 is 4.90 Å². The van der Waals surface area contributed by atoms with Crippen LogP contribution >= 0.6 is 0 Å². The van der Waals surface area contributed by atoms with Crippen LogP contribution in [0.1, 0.15) is 23.4 Å². The van der Waals surface area contributed by atoms with Gasteiger partial charge in [-0.15, -0.1) is 15.3 Å². The molecule has 0 saturated heterocycles. The summed E-state index contributed by atoms with van der Waals surface area (Å²) in [6.45, 7) is 2.08. The SMILES string of the molecule is Cc1ccc(CN(C)c2ccc3nnc(C(F)F)n3n2)cc1F. The molecule has 0 unspecified atom stereocenters. The van der Waals surface area contributed by atoms with E-state index in [2.05, 4.69) is 15.3 Å². The Balaban J connectivity index is 1.89. The Bertz CT molecular complexity index is 846. The second-order valence-electron chi connectivity index (χ2n) is 5.26. The molecule has 0 bridgehead atoms. The quantitative estimate of drug-likeness (QED) is 0.740. The molecular formula is C15H14F3N5. The molecule has 0 aliphatic carbocycles. The van der Waals surface area contributed by atoms with Gasteiger partial charge in [0.15, 0.2) is 5.65 Å². The lowest BCUT2D eigenvalue weighted by Crippen LogP contribution is -2.19. The van der Waals surface area contributed by atoms with Gasteiger partial charge in [-0.3, -0.25) is 0 Å². The van der Waals surface area contributed by atoms with Crippen LogP contribution < -0.4 is 4.90 Å². The molecular weight excluding hydrogens is 307 g/mol. The van der Waals surface area contributed by atoms with Crippen LogP contribution in [-0.4, -0.2) is 26.9 Å². The van der Waals surface area contributed by atoms with E-state index in [1.807, 2.05) is 6.07 Å². The lowest BCUT2D eigenvalue weighted by molar-refractivity contribution is 0.137. The van der Waals surface area contributed by atoms with Crippen LogP contribution in [0.4, 0.5) is 19.0 Å². The van der Waals surface area contributed by atoms with E-state index in [-0.39, 0.29) is 11.5 Å². The number of benzene rings is 1. The predicted octanol–water partition coefficient (Wildman–Crippen LogP) is 3.15. The maximum Gasteiger partial charge on any atom is 0.299 e. The van der Waals surface area contributed by atoms with Gasteiger partial charge >= 0.3 is 0 Å². The molecule has 0 amide bonds. The summed E-state index contributed by atoms with van der Waals surface area (Å²) in [5, 5.41) is 11.2. The molecule has 1 aromatic carbocycles. The topological polar surface area (TPSA) is 46.3 Å². The van der Waals surface area contributed by atoms with Gasteiger partial charge in [-0.25, -0.2) is 13.2 Å².